The first kappa shape index (κ1) is 23.3. The van der Waals surface area contributed by atoms with Crippen LogP contribution >= 0.6 is 11.6 Å². The molecule has 31 heavy (non-hydrogen) atoms. The van der Waals surface area contributed by atoms with Crippen molar-refractivity contribution in [3.63, 3.8) is 0 Å². The summed E-state index contributed by atoms with van der Waals surface area (Å²) in [5.74, 6) is 0.0354. The number of hydrogen-bond donors (Lipinski definition) is 1. The first-order valence-corrected chi connectivity index (χ1v) is 11.3. The van der Waals surface area contributed by atoms with Crippen molar-refractivity contribution in [1.82, 2.24) is 14.7 Å². The van der Waals surface area contributed by atoms with Crippen molar-refractivity contribution in [2.45, 2.75) is 19.9 Å². The molecule has 0 spiro atoms. The normalized spacial score (nSPS) is 15.7. The number of para-hydroxylation sites is 1. The van der Waals surface area contributed by atoms with Gasteiger partial charge in [0.2, 0.25) is 11.8 Å². The maximum Gasteiger partial charge on any atom is 0.244 e. The van der Waals surface area contributed by atoms with Crippen LogP contribution in [0.25, 0.3) is 0 Å². The summed E-state index contributed by atoms with van der Waals surface area (Å²) in [6.07, 6.45) is 0. The highest BCUT2D eigenvalue weighted by molar-refractivity contribution is 6.33. The van der Waals surface area contributed by atoms with E-state index in [9.17, 15) is 9.59 Å². The smallest absolute Gasteiger partial charge is 0.244 e. The van der Waals surface area contributed by atoms with Crippen molar-refractivity contribution in [2.24, 2.45) is 0 Å². The fourth-order valence-corrected chi connectivity index (χ4v) is 4.17. The summed E-state index contributed by atoms with van der Waals surface area (Å²) < 4.78 is 0. The SMILES string of the molecule is CCN(CC)C(C(=O)N1CCN(CC(=O)Nc2ccccc2Cl)CC1)c1ccccc1. The van der Waals surface area contributed by atoms with E-state index in [1.54, 1.807) is 12.1 Å². The summed E-state index contributed by atoms with van der Waals surface area (Å²) in [5.41, 5.74) is 1.64. The van der Waals surface area contributed by atoms with Gasteiger partial charge in [0.15, 0.2) is 0 Å². The van der Waals surface area contributed by atoms with E-state index in [-0.39, 0.29) is 24.4 Å². The van der Waals surface area contributed by atoms with Gasteiger partial charge in [0, 0.05) is 26.2 Å². The number of likely N-dealkylation sites (N-methyl/N-ethyl adjacent to an activating group) is 1. The Morgan fingerprint density at radius 2 is 1.58 bits per heavy atom. The van der Waals surface area contributed by atoms with Crippen molar-refractivity contribution < 1.29 is 9.59 Å². The molecule has 2 aromatic rings. The molecule has 1 fully saturated rings. The summed E-state index contributed by atoms with van der Waals surface area (Å²) in [6.45, 7) is 8.64. The fourth-order valence-electron chi connectivity index (χ4n) is 3.99. The van der Waals surface area contributed by atoms with Gasteiger partial charge in [-0.15, -0.1) is 0 Å². The summed E-state index contributed by atoms with van der Waals surface area (Å²) in [4.78, 5) is 32.0. The molecule has 0 saturated carbocycles. The maximum atomic E-state index is 13.4. The topological polar surface area (TPSA) is 55.9 Å². The molecule has 1 N–H and O–H groups in total. The highest BCUT2D eigenvalue weighted by atomic mass is 35.5. The Morgan fingerprint density at radius 1 is 0.968 bits per heavy atom. The summed E-state index contributed by atoms with van der Waals surface area (Å²) in [7, 11) is 0. The highest BCUT2D eigenvalue weighted by Crippen LogP contribution is 2.24. The molecular weight excluding hydrogens is 412 g/mol. The van der Waals surface area contributed by atoms with Crippen LogP contribution in [0, 0.1) is 0 Å². The number of nitrogens with zero attached hydrogens (tertiary/aromatic N) is 3. The molecule has 6 nitrogen and oxygen atoms in total. The third-order valence-corrected chi connectivity index (χ3v) is 6.06. The van der Waals surface area contributed by atoms with Crippen LogP contribution in [0.1, 0.15) is 25.5 Å². The van der Waals surface area contributed by atoms with Crippen LogP contribution < -0.4 is 5.32 Å². The average Bonchev–Trinajstić information content (AvgIpc) is 2.79. The third-order valence-electron chi connectivity index (χ3n) is 5.73. The van der Waals surface area contributed by atoms with Crippen molar-refractivity contribution in [3.05, 3.63) is 65.2 Å². The summed E-state index contributed by atoms with van der Waals surface area (Å²) in [5, 5.41) is 3.38. The number of rotatable bonds is 8. The zero-order valence-electron chi connectivity index (χ0n) is 18.3. The van der Waals surface area contributed by atoms with Crippen LogP contribution in [0.15, 0.2) is 54.6 Å². The molecule has 3 rings (SSSR count). The number of piperazine rings is 1. The van der Waals surface area contributed by atoms with Crippen molar-refractivity contribution in [1.29, 1.82) is 0 Å². The zero-order valence-corrected chi connectivity index (χ0v) is 19.0. The molecule has 1 aliphatic heterocycles. The van der Waals surface area contributed by atoms with Gasteiger partial charge in [-0.05, 0) is 30.8 Å². The minimum absolute atomic E-state index is 0.0989. The molecule has 1 heterocycles. The summed E-state index contributed by atoms with van der Waals surface area (Å²) >= 11 is 6.12. The van der Waals surface area contributed by atoms with Crippen molar-refractivity contribution in [3.8, 4) is 0 Å². The molecule has 0 aromatic heterocycles. The predicted molar refractivity (Wildman–Crippen MR) is 125 cm³/mol. The standard InChI is InChI=1S/C24H31ClN4O2/c1-3-28(4-2)23(19-10-6-5-7-11-19)24(31)29-16-14-27(15-17-29)18-22(30)26-21-13-9-8-12-20(21)25/h5-13,23H,3-4,14-18H2,1-2H3,(H,26,30). The first-order valence-electron chi connectivity index (χ1n) is 10.9. The number of nitrogens with one attached hydrogen (secondary N) is 1. The number of carbonyl (C=O) groups excluding carboxylic acids is 2. The van der Waals surface area contributed by atoms with Gasteiger partial charge in [-0.2, -0.15) is 0 Å². The van der Waals surface area contributed by atoms with Crippen LogP contribution in [0.5, 0.6) is 0 Å². The maximum absolute atomic E-state index is 13.4. The second-order valence-corrected chi connectivity index (χ2v) is 8.07. The first-order chi connectivity index (χ1) is 15.0. The van der Waals surface area contributed by atoms with Gasteiger partial charge in [-0.25, -0.2) is 0 Å². The van der Waals surface area contributed by atoms with E-state index in [1.807, 2.05) is 47.4 Å². The van der Waals surface area contributed by atoms with E-state index >= 15 is 0 Å². The quantitative estimate of drug-likeness (QED) is 0.679. The van der Waals surface area contributed by atoms with Crippen molar-refractivity contribution in [2.75, 3.05) is 51.1 Å². The van der Waals surface area contributed by atoms with E-state index in [0.29, 0.717) is 36.9 Å². The van der Waals surface area contributed by atoms with E-state index in [2.05, 4.69) is 29.0 Å². The third kappa shape index (κ3) is 6.06. The van der Waals surface area contributed by atoms with E-state index < -0.39 is 0 Å². The van der Waals surface area contributed by atoms with Crippen molar-refractivity contribution >= 4 is 29.1 Å². The molecule has 0 aliphatic carbocycles. The molecule has 2 aromatic carbocycles. The fraction of sp³-hybridized carbons (Fsp3) is 0.417. The van der Waals surface area contributed by atoms with Crippen LogP contribution in [0.4, 0.5) is 5.69 Å². The average molecular weight is 443 g/mol. The van der Waals surface area contributed by atoms with Crippen LogP contribution in [-0.2, 0) is 9.59 Å². The molecule has 1 aliphatic rings. The Hall–Kier alpha value is -2.41. The Morgan fingerprint density at radius 3 is 2.19 bits per heavy atom. The molecule has 0 radical (unpaired) electrons. The molecule has 2 amide bonds. The lowest BCUT2D eigenvalue weighted by Crippen LogP contribution is -2.53. The molecule has 1 atom stereocenters. The Kier molecular flexibility index (Phi) is 8.46. The Balaban J connectivity index is 1.58. The number of amides is 2. The number of benzene rings is 2. The number of anilines is 1. The van der Waals surface area contributed by atoms with Crippen LogP contribution in [-0.4, -0.2) is 72.3 Å². The number of carbonyl (C=O) groups is 2. The minimum Gasteiger partial charge on any atom is -0.338 e. The van der Waals surface area contributed by atoms with Crippen LogP contribution in [0.3, 0.4) is 0 Å². The van der Waals surface area contributed by atoms with E-state index in [4.69, 9.17) is 11.6 Å². The van der Waals surface area contributed by atoms with Gasteiger partial charge >= 0.3 is 0 Å². The van der Waals surface area contributed by atoms with Gasteiger partial charge in [0.25, 0.3) is 0 Å². The van der Waals surface area contributed by atoms with E-state index in [0.717, 1.165) is 18.7 Å². The van der Waals surface area contributed by atoms with Gasteiger partial charge in [0.05, 0.1) is 17.3 Å². The lowest BCUT2D eigenvalue weighted by atomic mass is 10.0. The Bertz CT molecular complexity index is 865. The van der Waals surface area contributed by atoms with Gasteiger partial charge in [-0.1, -0.05) is 67.9 Å². The van der Waals surface area contributed by atoms with Gasteiger partial charge in [0.1, 0.15) is 6.04 Å². The predicted octanol–water partition coefficient (Wildman–Crippen LogP) is 3.51. The second kappa shape index (κ2) is 11.3. The Labute approximate surface area is 189 Å². The molecule has 0 bridgehead atoms. The number of halogens is 1. The molecule has 166 valence electrons. The van der Waals surface area contributed by atoms with Crippen LogP contribution in [0.2, 0.25) is 5.02 Å². The highest BCUT2D eigenvalue weighted by Gasteiger charge is 2.32. The van der Waals surface area contributed by atoms with Gasteiger partial charge < -0.3 is 10.2 Å². The molecule has 1 saturated heterocycles. The molecule has 7 heteroatoms. The van der Waals surface area contributed by atoms with Gasteiger partial charge in [-0.3, -0.25) is 19.4 Å². The van der Waals surface area contributed by atoms with E-state index in [1.165, 1.54) is 0 Å². The minimum atomic E-state index is -0.272. The number of hydrogen-bond acceptors (Lipinski definition) is 4. The second-order valence-electron chi connectivity index (χ2n) is 7.66. The summed E-state index contributed by atoms with van der Waals surface area (Å²) in [6, 6.07) is 16.9. The zero-order chi connectivity index (χ0) is 22.2. The lowest BCUT2D eigenvalue weighted by molar-refractivity contribution is -0.139. The largest absolute Gasteiger partial charge is 0.338 e. The molecule has 1 unspecified atom stereocenters. The lowest BCUT2D eigenvalue weighted by Gasteiger charge is -2.38. The molecular formula is C24H31ClN4O2. The monoisotopic (exact) mass is 442 g/mol.